The second-order valence-electron chi connectivity index (χ2n) is 4.30. The van der Waals surface area contributed by atoms with Crippen molar-refractivity contribution in [3.63, 3.8) is 0 Å². The van der Waals surface area contributed by atoms with E-state index in [0.29, 0.717) is 24.0 Å². The quantitative estimate of drug-likeness (QED) is 0.759. The number of anilines is 2. The Morgan fingerprint density at radius 3 is 2.65 bits per heavy atom. The summed E-state index contributed by atoms with van der Waals surface area (Å²) < 4.78 is 5.26. The Morgan fingerprint density at radius 2 is 1.90 bits per heavy atom. The van der Waals surface area contributed by atoms with E-state index < -0.39 is 0 Å². The molecule has 5 heteroatoms. The maximum Gasteiger partial charge on any atom is 0.163 e. The number of benzene rings is 1. The molecule has 0 aliphatic heterocycles. The summed E-state index contributed by atoms with van der Waals surface area (Å²) >= 11 is 0. The maximum atomic E-state index is 5.83. The Balaban J connectivity index is 1.83. The molecule has 3 N–H and O–H groups in total. The highest BCUT2D eigenvalue weighted by Crippen LogP contribution is 2.19. The van der Waals surface area contributed by atoms with Crippen molar-refractivity contribution in [3.8, 4) is 11.4 Å². The maximum absolute atomic E-state index is 5.83. The Morgan fingerprint density at radius 1 is 1.05 bits per heavy atom. The molecule has 20 heavy (non-hydrogen) atoms. The zero-order valence-electron chi connectivity index (χ0n) is 10.8. The van der Waals surface area contributed by atoms with Crippen LogP contribution >= 0.6 is 0 Å². The van der Waals surface area contributed by atoms with Crippen LogP contribution in [-0.2, 0) is 6.54 Å². The van der Waals surface area contributed by atoms with Crippen LogP contribution in [0.25, 0.3) is 11.4 Å². The molecule has 0 bridgehead atoms. The fraction of sp³-hybridized carbons (Fsp3) is 0.0667. The zero-order chi connectivity index (χ0) is 13.8. The molecule has 0 radical (unpaired) electrons. The van der Waals surface area contributed by atoms with Crippen LogP contribution in [0, 0.1) is 0 Å². The van der Waals surface area contributed by atoms with Gasteiger partial charge in [0.1, 0.15) is 17.4 Å². The van der Waals surface area contributed by atoms with Gasteiger partial charge in [-0.05, 0) is 12.1 Å². The molecule has 0 fully saturated rings. The third-order valence-corrected chi connectivity index (χ3v) is 2.80. The van der Waals surface area contributed by atoms with Gasteiger partial charge in [-0.2, -0.15) is 0 Å². The van der Waals surface area contributed by atoms with Gasteiger partial charge < -0.3 is 15.5 Å². The third-order valence-electron chi connectivity index (χ3n) is 2.80. The molecular formula is C15H14N4O. The molecule has 0 atom stereocenters. The van der Waals surface area contributed by atoms with Crippen LogP contribution in [0.15, 0.2) is 59.2 Å². The Hall–Kier alpha value is -2.82. The van der Waals surface area contributed by atoms with Crippen LogP contribution in [-0.4, -0.2) is 9.97 Å². The highest BCUT2D eigenvalue weighted by Gasteiger charge is 2.05. The molecule has 0 saturated carbocycles. The van der Waals surface area contributed by atoms with Gasteiger partial charge in [0.2, 0.25) is 0 Å². The first-order valence-corrected chi connectivity index (χ1v) is 6.27. The normalized spacial score (nSPS) is 10.4. The number of nitrogen functional groups attached to an aromatic ring is 1. The molecule has 0 unspecified atom stereocenters. The summed E-state index contributed by atoms with van der Waals surface area (Å²) in [4.78, 5) is 8.71. The van der Waals surface area contributed by atoms with Gasteiger partial charge in [0.05, 0.1) is 12.8 Å². The molecule has 100 valence electrons. The highest BCUT2D eigenvalue weighted by atomic mass is 16.3. The van der Waals surface area contributed by atoms with Gasteiger partial charge in [-0.15, -0.1) is 0 Å². The molecule has 5 nitrogen and oxygen atoms in total. The number of furan rings is 1. The molecule has 2 aromatic heterocycles. The summed E-state index contributed by atoms with van der Waals surface area (Å²) in [6.07, 6.45) is 1.64. The van der Waals surface area contributed by atoms with E-state index in [9.17, 15) is 0 Å². The van der Waals surface area contributed by atoms with Crippen molar-refractivity contribution in [1.29, 1.82) is 0 Å². The zero-order valence-corrected chi connectivity index (χ0v) is 10.8. The van der Waals surface area contributed by atoms with Crippen molar-refractivity contribution in [3.05, 3.63) is 60.6 Å². The van der Waals surface area contributed by atoms with Gasteiger partial charge in [-0.25, -0.2) is 9.97 Å². The smallest absolute Gasteiger partial charge is 0.163 e. The first-order chi connectivity index (χ1) is 9.81. The number of aromatic nitrogens is 2. The fourth-order valence-electron chi connectivity index (χ4n) is 1.86. The number of nitrogens with zero attached hydrogens (tertiary/aromatic N) is 2. The third kappa shape index (κ3) is 2.77. The summed E-state index contributed by atoms with van der Waals surface area (Å²) in [5.41, 5.74) is 6.76. The second-order valence-corrected chi connectivity index (χ2v) is 4.30. The van der Waals surface area contributed by atoms with Gasteiger partial charge in [0.25, 0.3) is 0 Å². The van der Waals surface area contributed by atoms with E-state index in [1.807, 2.05) is 42.5 Å². The monoisotopic (exact) mass is 266 g/mol. The molecular weight excluding hydrogens is 252 g/mol. The van der Waals surface area contributed by atoms with Crippen molar-refractivity contribution >= 4 is 11.6 Å². The number of rotatable bonds is 4. The van der Waals surface area contributed by atoms with Crippen molar-refractivity contribution in [2.45, 2.75) is 6.54 Å². The lowest BCUT2D eigenvalue weighted by atomic mass is 10.2. The van der Waals surface area contributed by atoms with Gasteiger partial charge in [-0.3, -0.25) is 0 Å². The van der Waals surface area contributed by atoms with Gasteiger partial charge in [0, 0.05) is 11.6 Å². The van der Waals surface area contributed by atoms with Crippen LogP contribution < -0.4 is 11.1 Å². The minimum Gasteiger partial charge on any atom is -0.467 e. The highest BCUT2D eigenvalue weighted by molar-refractivity contribution is 5.60. The summed E-state index contributed by atoms with van der Waals surface area (Å²) in [5.74, 6) is 2.55. The van der Waals surface area contributed by atoms with E-state index >= 15 is 0 Å². The Bertz CT molecular complexity index is 680. The molecule has 0 spiro atoms. The van der Waals surface area contributed by atoms with E-state index in [-0.39, 0.29) is 0 Å². The summed E-state index contributed by atoms with van der Waals surface area (Å²) in [6.45, 7) is 0.553. The first kappa shape index (κ1) is 12.2. The van der Waals surface area contributed by atoms with Crippen molar-refractivity contribution in [2.24, 2.45) is 0 Å². The average Bonchev–Trinajstić information content (AvgIpc) is 2.99. The molecule has 1 aromatic carbocycles. The lowest BCUT2D eigenvalue weighted by Gasteiger charge is -2.07. The number of nitrogens with one attached hydrogen (secondary N) is 1. The van der Waals surface area contributed by atoms with E-state index in [1.54, 1.807) is 12.3 Å². The van der Waals surface area contributed by atoms with E-state index in [2.05, 4.69) is 15.3 Å². The second kappa shape index (κ2) is 5.44. The Kier molecular flexibility index (Phi) is 3.33. The molecule has 0 aliphatic rings. The van der Waals surface area contributed by atoms with Crippen LogP contribution in [0.5, 0.6) is 0 Å². The SMILES string of the molecule is Nc1cc(NCc2ccco2)nc(-c2ccccc2)n1. The van der Waals surface area contributed by atoms with Crippen molar-refractivity contribution < 1.29 is 4.42 Å². The summed E-state index contributed by atoms with van der Waals surface area (Å²) in [7, 11) is 0. The molecule has 2 heterocycles. The van der Waals surface area contributed by atoms with Gasteiger partial charge in [0.15, 0.2) is 5.82 Å². The van der Waals surface area contributed by atoms with Crippen LogP contribution in [0.3, 0.4) is 0 Å². The number of hydrogen-bond donors (Lipinski definition) is 2. The number of hydrogen-bond acceptors (Lipinski definition) is 5. The predicted molar refractivity (Wildman–Crippen MR) is 77.9 cm³/mol. The molecule has 0 amide bonds. The first-order valence-electron chi connectivity index (χ1n) is 6.27. The lowest BCUT2D eigenvalue weighted by molar-refractivity contribution is 0.518. The van der Waals surface area contributed by atoms with Gasteiger partial charge >= 0.3 is 0 Å². The summed E-state index contributed by atoms with van der Waals surface area (Å²) in [5, 5.41) is 3.17. The predicted octanol–water partition coefficient (Wildman–Crippen LogP) is 2.93. The lowest BCUT2D eigenvalue weighted by Crippen LogP contribution is -2.04. The van der Waals surface area contributed by atoms with Crippen LogP contribution in [0.1, 0.15) is 5.76 Å². The fourth-order valence-corrected chi connectivity index (χ4v) is 1.86. The van der Waals surface area contributed by atoms with E-state index in [0.717, 1.165) is 11.3 Å². The largest absolute Gasteiger partial charge is 0.467 e. The van der Waals surface area contributed by atoms with Crippen molar-refractivity contribution in [1.82, 2.24) is 9.97 Å². The van der Waals surface area contributed by atoms with Crippen molar-refractivity contribution in [2.75, 3.05) is 11.1 Å². The molecule has 3 aromatic rings. The molecule has 0 saturated heterocycles. The van der Waals surface area contributed by atoms with Crippen LogP contribution in [0.4, 0.5) is 11.6 Å². The Labute approximate surface area is 116 Å². The minimum absolute atomic E-state index is 0.431. The average molecular weight is 266 g/mol. The minimum atomic E-state index is 0.431. The van der Waals surface area contributed by atoms with Gasteiger partial charge in [-0.1, -0.05) is 30.3 Å². The standard InChI is InChI=1S/C15H14N4O/c16-13-9-14(17-10-12-7-4-8-20-12)19-15(18-13)11-5-2-1-3-6-11/h1-9H,10H2,(H3,16,17,18,19). The van der Waals surface area contributed by atoms with E-state index in [4.69, 9.17) is 10.2 Å². The van der Waals surface area contributed by atoms with E-state index in [1.165, 1.54) is 0 Å². The topological polar surface area (TPSA) is 77.0 Å². The molecule has 0 aliphatic carbocycles. The molecule has 3 rings (SSSR count). The number of nitrogens with two attached hydrogens (primary N) is 1. The summed E-state index contributed by atoms with van der Waals surface area (Å²) in [6, 6.07) is 15.2. The van der Waals surface area contributed by atoms with Crippen LogP contribution in [0.2, 0.25) is 0 Å².